The molecule has 1 heterocycles. The molecule has 1 aliphatic carbocycles. The van der Waals surface area contributed by atoms with Crippen molar-refractivity contribution in [1.29, 1.82) is 0 Å². The fourth-order valence-electron chi connectivity index (χ4n) is 4.30. The number of aliphatic carboxylic acids is 1. The number of fused-ring (bicyclic) bond motifs is 1. The van der Waals surface area contributed by atoms with Gasteiger partial charge in [0.1, 0.15) is 5.78 Å². The zero-order valence-corrected chi connectivity index (χ0v) is 18.3. The average Bonchev–Trinajstić information content (AvgIpc) is 3.13. The molecule has 1 amide bonds. The second-order valence-electron chi connectivity index (χ2n) is 7.84. The molecule has 3 aromatic rings. The molecular weight excluding hydrogens is 434 g/mol. The van der Waals surface area contributed by atoms with Crippen LogP contribution in [0.4, 0.5) is 5.69 Å². The predicted molar refractivity (Wildman–Crippen MR) is 123 cm³/mol. The van der Waals surface area contributed by atoms with Crippen LogP contribution >= 0.6 is 22.9 Å². The van der Waals surface area contributed by atoms with Gasteiger partial charge in [0.25, 0.3) is 5.91 Å². The highest BCUT2D eigenvalue weighted by Crippen LogP contribution is 2.36. The number of rotatable bonds is 6. The molecule has 31 heavy (non-hydrogen) atoms. The Morgan fingerprint density at radius 3 is 2.39 bits per heavy atom. The molecule has 1 aromatic heterocycles. The van der Waals surface area contributed by atoms with Gasteiger partial charge in [-0.05, 0) is 43.2 Å². The topological polar surface area (TPSA) is 83.5 Å². The lowest BCUT2D eigenvalue weighted by Crippen LogP contribution is -2.33. The molecular formula is C24H22ClNO4S. The number of carboxylic acids is 1. The zero-order valence-electron chi connectivity index (χ0n) is 16.8. The van der Waals surface area contributed by atoms with Crippen LogP contribution in [0.1, 0.15) is 40.9 Å². The lowest BCUT2D eigenvalue weighted by atomic mass is 9.76. The molecule has 0 saturated heterocycles. The van der Waals surface area contributed by atoms with Gasteiger partial charge in [0.15, 0.2) is 0 Å². The van der Waals surface area contributed by atoms with E-state index in [1.807, 2.05) is 24.3 Å². The Labute approximate surface area is 189 Å². The van der Waals surface area contributed by atoms with E-state index in [2.05, 4.69) is 5.32 Å². The van der Waals surface area contributed by atoms with Gasteiger partial charge in [0.2, 0.25) is 0 Å². The fraction of sp³-hybridized carbons (Fsp3) is 0.292. The second kappa shape index (κ2) is 9.20. The van der Waals surface area contributed by atoms with Gasteiger partial charge < -0.3 is 10.4 Å². The maximum Gasteiger partial charge on any atom is 0.307 e. The predicted octanol–water partition coefficient (Wildman–Crippen LogP) is 5.81. The van der Waals surface area contributed by atoms with Crippen LogP contribution in [-0.4, -0.2) is 22.8 Å². The number of thiophene rings is 1. The molecule has 2 atom stereocenters. The number of carbonyl (C=O) groups excluding carboxylic acids is 2. The highest BCUT2D eigenvalue weighted by molar-refractivity contribution is 7.19. The van der Waals surface area contributed by atoms with Gasteiger partial charge in [-0.2, -0.15) is 0 Å². The van der Waals surface area contributed by atoms with Crippen molar-refractivity contribution in [3.8, 4) is 0 Å². The summed E-state index contributed by atoms with van der Waals surface area (Å²) in [6.07, 6.45) is 2.88. The maximum absolute atomic E-state index is 13.2. The summed E-state index contributed by atoms with van der Waals surface area (Å²) < 4.78 is 0.921. The Morgan fingerprint density at radius 2 is 1.68 bits per heavy atom. The molecule has 5 nitrogen and oxygen atoms in total. The molecule has 2 aromatic carbocycles. The van der Waals surface area contributed by atoms with Crippen LogP contribution in [0.25, 0.3) is 10.1 Å². The smallest absolute Gasteiger partial charge is 0.307 e. The molecule has 7 heteroatoms. The van der Waals surface area contributed by atoms with Gasteiger partial charge in [-0.3, -0.25) is 14.4 Å². The summed E-state index contributed by atoms with van der Waals surface area (Å²) in [5.74, 6) is -2.43. The first kappa shape index (κ1) is 21.5. The number of anilines is 1. The van der Waals surface area contributed by atoms with E-state index >= 15 is 0 Å². The van der Waals surface area contributed by atoms with Crippen LogP contribution in [0.3, 0.4) is 0 Å². The van der Waals surface area contributed by atoms with Crippen molar-refractivity contribution >= 4 is 56.4 Å². The lowest BCUT2D eigenvalue weighted by molar-refractivity contribution is -0.148. The number of benzene rings is 2. The minimum absolute atomic E-state index is 0.0666. The number of halogens is 1. The van der Waals surface area contributed by atoms with Crippen LogP contribution < -0.4 is 5.32 Å². The van der Waals surface area contributed by atoms with Crippen LogP contribution in [-0.2, 0) is 16.0 Å². The molecule has 2 N–H and O–H groups in total. The van der Waals surface area contributed by atoms with Crippen molar-refractivity contribution in [2.45, 2.75) is 32.1 Å². The van der Waals surface area contributed by atoms with Gasteiger partial charge >= 0.3 is 5.97 Å². The summed E-state index contributed by atoms with van der Waals surface area (Å²) in [5, 5.41) is 13.8. The Kier molecular flexibility index (Phi) is 6.39. The summed E-state index contributed by atoms with van der Waals surface area (Å²) in [5.41, 5.74) is 1.09. The SMILES string of the molecule is O=C(Nc1ccc(Cl)cc1)c1c(CC(=O)C2CCCCC2C(=O)O)sc2ccccc12. The minimum Gasteiger partial charge on any atom is -0.481 e. The lowest BCUT2D eigenvalue weighted by Gasteiger charge is -2.27. The van der Waals surface area contributed by atoms with Crippen LogP contribution in [0.5, 0.6) is 0 Å². The fourth-order valence-corrected chi connectivity index (χ4v) is 5.63. The van der Waals surface area contributed by atoms with E-state index in [1.54, 1.807) is 24.3 Å². The standard InChI is InChI=1S/C24H22ClNO4S/c25-14-9-11-15(12-10-14)26-23(28)22-18-7-3-4-8-20(18)31-21(22)13-19(27)16-5-1-2-6-17(16)24(29)30/h3-4,7-12,16-17H,1-2,5-6,13H2,(H,26,28)(H,29,30). The molecule has 1 aliphatic rings. The quantitative estimate of drug-likeness (QED) is 0.491. The van der Waals surface area contributed by atoms with E-state index in [-0.39, 0.29) is 18.1 Å². The Balaban J connectivity index is 1.64. The molecule has 160 valence electrons. The van der Waals surface area contributed by atoms with E-state index in [9.17, 15) is 19.5 Å². The highest BCUT2D eigenvalue weighted by Gasteiger charge is 2.36. The van der Waals surface area contributed by atoms with Crippen molar-refractivity contribution < 1.29 is 19.5 Å². The summed E-state index contributed by atoms with van der Waals surface area (Å²) in [6, 6.07) is 14.4. The van der Waals surface area contributed by atoms with Gasteiger partial charge in [-0.15, -0.1) is 11.3 Å². The van der Waals surface area contributed by atoms with Crippen molar-refractivity contribution in [1.82, 2.24) is 0 Å². The van der Waals surface area contributed by atoms with E-state index in [0.717, 1.165) is 22.9 Å². The number of hydrogen-bond donors (Lipinski definition) is 2. The first-order valence-corrected chi connectivity index (χ1v) is 11.5. The molecule has 1 fully saturated rings. The highest BCUT2D eigenvalue weighted by atomic mass is 35.5. The maximum atomic E-state index is 13.2. The van der Waals surface area contributed by atoms with E-state index < -0.39 is 17.8 Å². The number of carbonyl (C=O) groups is 3. The second-order valence-corrected chi connectivity index (χ2v) is 9.41. The van der Waals surface area contributed by atoms with Gasteiger partial charge in [0, 0.05) is 38.0 Å². The van der Waals surface area contributed by atoms with Crippen molar-refractivity contribution in [3.63, 3.8) is 0 Å². The monoisotopic (exact) mass is 455 g/mol. The summed E-state index contributed by atoms with van der Waals surface area (Å²) in [4.78, 5) is 38.6. The van der Waals surface area contributed by atoms with Crippen molar-refractivity contribution in [3.05, 3.63) is 64.0 Å². The van der Waals surface area contributed by atoms with E-state index in [4.69, 9.17) is 11.6 Å². The number of carboxylic acid groups (broad SMARTS) is 1. The van der Waals surface area contributed by atoms with Gasteiger partial charge in [-0.25, -0.2) is 0 Å². The van der Waals surface area contributed by atoms with Crippen LogP contribution in [0, 0.1) is 11.8 Å². The van der Waals surface area contributed by atoms with Gasteiger partial charge in [0.05, 0.1) is 11.5 Å². The Bertz CT molecular complexity index is 1140. The summed E-state index contributed by atoms with van der Waals surface area (Å²) in [6.45, 7) is 0. The number of amides is 1. The largest absolute Gasteiger partial charge is 0.481 e. The van der Waals surface area contributed by atoms with Crippen molar-refractivity contribution in [2.75, 3.05) is 5.32 Å². The van der Waals surface area contributed by atoms with E-state index in [1.165, 1.54) is 11.3 Å². The molecule has 0 radical (unpaired) electrons. The zero-order chi connectivity index (χ0) is 22.0. The summed E-state index contributed by atoms with van der Waals surface area (Å²) >= 11 is 7.34. The van der Waals surface area contributed by atoms with Crippen LogP contribution in [0.2, 0.25) is 5.02 Å². The molecule has 0 bridgehead atoms. The number of nitrogens with one attached hydrogen (secondary N) is 1. The number of Topliss-reactive ketones (excluding diaryl/α,β-unsaturated/α-hetero) is 1. The first-order valence-electron chi connectivity index (χ1n) is 10.3. The Morgan fingerprint density at radius 1 is 1.00 bits per heavy atom. The number of hydrogen-bond acceptors (Lipinski definition) is 4. The molecule has 2 unspecified atom stereocenters. The van der Waals surface area contributed by atoms with Crippen molar-refractivity contribution in [2.24, 2.45) is 11.8 Å². The third-order valence-electron chi connectivity index (χ3n) is 5.83. The molecule has 0 spiro atoms. The first-order chi connectivity index (χ1) is 14.9. The Hall–Kier alpha value is -2.70. The third-order valence-corrected chi connectivity index (χ3v) is 7.25. The van der Waals surface area contributed by atoms with E-state index in [0.29, 0.717) is 34.0 Å². The summed E-state index contributed by atoms with van der Waals surface area (Å²) in [7, 11) is 0. The van der Waals surface area contributed by atoms with Gasteiger partial charge in [-0.1, -0.05) is 42.6 Å². The molecule has 4 rings (SSSR count). The average molecular weight is 456 g/mol. The minimum atomic E-state index is -0.907. The third kappa shape index (κ3) is 4.65. The normalized spacial score (nSPS) is 18.6. The molecule has 1 saturated carbocycles. The number of ketones is 1. The van der Waals surface area contributed by atoms with Crippen LogP contribution in [0.15, 0.2) is 48.5 Å². The molecule has 0 aliphatic heterocycles.